The van der Waals surface area contributed by atoms with Crippen LogP contribution < -0.4 is 9.61 Å². The highest BCUT2D eigenvalue weighted by Crippen LogP contribution is 2.42. The molecule has 0 fully saturated rings. The topological polar surface area (TPSA) is 110 Å². The number of nitrogens with zero attached hydrogens (tertiary/aromatic N) is 2. The van der Waals surface area contributed by atoms with E-state index in [0.29, 0.717) is 17.0 Å². The number of aromatic nitrogens is 1. The third kappa shape index (κ3) is 5.38. The first-order chi connectivity index (χ1) is 18.7. The molecule has 0 saturated heterocycles. The number of carbonyl (C=O) groups is 1. The van der Waals surface area contributed by atoms with Crippen molar-refractivity contribution >= 4 is 33.2 Å². The van der Waals surface area contributed by atoms with E-state index in [1.807, 2.05) is 36.4 Å². The molecule has 12 heteroatoms. The molecule has 0 amide bonds. The summed E-state index contributed by atoms with van der Waals surface area (Å²) in [6.07, 6.45) is -6.49. The summed E-state index contributed by atoms with van der Waals surface area (Å²) in [4.78, 5) is 24.0. The molecule has 5 rings (SSSR count). The van der Waals surface area contributed by atoms with E-state index in [1.54, 1.807) is 28.8 Å². The zero-order valence-electron chi connectivity index (χ0n) is 20.1. The van der Waals surface area contributed by atoms with Gasteiger partial charge in [0.15, 0.2) is 6.10 Å². The number of fused-ring (bicyclic) bond motifs is 5. The maximum absolute atomic E-state index is 12.9. The first kappa shape index (κ1) is 26.4. The van der Waals surface area contributed by atoms with Crippen molar-refractivity contribution in [2.45, 2.75) is 25.2 Å². The van der Waals surface area contributed by atoms with Gasteiger partial charge in [-0.05, 0) is 35.4 Å². The van der Waals surface area contributed by atoms with Crippen molar-refractivity contribution < 1.29 is 37.8 Å². The molecule has 0 bridgehead atoms. The minimum absolute atomic E-state index is 0.161. The van der Waals surface area contributed by atoms with Crippen molar-refractivity contribution in [2.75, 3.05) is 13.2 Å². The molecule has 1 aromatic heterocycles. The molecule has 0 saturated carbocycles. The van der Waals surface area contributed by atoms with Crippen LogP contribution in [0.5, 0.6) is 5.75 Å². The van der Waals surface area contributed by atoms with Crippen molar-refractivity contribution in [3.63, 3.8) is 0 Å². The van der Waals surface area contributed by atoms with Crippen LogP contribution in [0.4, 0.5) is 13.2 Å². The fourth-order valence-corrected chi connectivity index (χ4v) is 5.65. The number of oxime groups is 1. The lowest BCUT2D eigenvalue weighted by Gasteiger charge is -2.15. The Hall–Kier alpha value is -4.16. The molecule has 3 aromatic carbocycles. The van der Waals surface area contributed by atoms with Gasteiger partial charge in [-0.25, -0.2) is 4.79 Å². The van der Waals surface area contributed by atoms with Gasteiger partial charge >= 0.3 is 17.0 Å². The van der Waals surface area contributed by atoms with E-state index in [9.17, 15) is 28.0 Å². The fraction of sp³-hybridized carbons (Fsp3) is 0.222. The largest absolute Gasteiger partial charge is 0.492 e. The highest BCUT2D eigenvalue weighted by Gasteiger charge is 2.31. The van der Waals surface area contributed by atoms with E-state index in [2.05, 4.69) is 9.89 Å². The number of halogens is 3. The Bertz CT molecular complexity index is 1630. The summed E-state index contributed by atoms with van der Waals surface area (Å²) in [5.74, 6) is -1.03. The summed E-state index contributed by atoms with van der Waals surface area (Å²) >= 11 is 1.11. The Morgan fingerprint density at radius 3 is 2.41 bits per heavy atom. The van der Waals surface area contributed by atoms with Gasteiger partial charge in [0, 0.05) is 23.1 Å². The average Bonchev–Trinajstić information content (AvgIpc) is 3.40. The van der Waals surface area contributed by atoms with Crippen LogP contribution in [0.3, 0.4) is 0 Å². The van der Waals surface area contributed by atoms with E-state index >= 15 is 0 Å². The molecule has 202 valence electrons. The Morgan fingerprint density at radius 2 is 1.74 bits per heavy atom. The molecule has 1 unspecified atom stereocenters. The van der Waals surface area contributed by atoms with Crippen molar-refractivity contribution in [3.05, 3.63) is 87.0 Å². The summed E-state index contributed by atoms with van der Waals surface area (Å²) in [7, 11) is 0. The molecule has 0 aliphatic heterocycles. The number of benzene rings is 3. The molecule has 0 radical (unpaired) electrons. The van der Waals surface area contributed by atoms with Crippen LogP contribution in [0.2, 0.25) is 0 Å². The van der Waals surface area contributed by atoms with Crippen LogP contribution in [0.1, 0.15) is 16.7 Å². The molecule has 1 aliphatic carbocycles. The molecular weight excluding hydrogens is 537 g/mol. The molecule has 0 spiro atoms. The summed E-state index contributed by atoms with van der Waals surface area (Å²) < 4.78 is 49.8. The van der Waals surface area contributed by atoms with Crippen molar-refractivity contribution in [1.29, 1.82) is 0 Å². The number of alkyl halides is 3. The van der Waals surface area contributed by atoms with E-state index < -0.39 is 24.9 Å². The molecular formula is C27H21F3N2O6S. The summed E-state index contributed by atoms with van der Waals surface area (Å²) in [6.45, 7) is -1.23. The number of ether oxygens (including phenoxy) is 2. The second kappa shape index (κ2) is 10.5. The maximum Gasteiger partial charge on any atom is 0.411 e. The number of hydrogen-bond donors (Lipinski definition) is 2. The van der Waals surface area contributed by atoms with Crippen LogP contribution in [-0.2, 0) is 22.5 Å². The van der Waals surface area contributed by atoms with Gasteiger partial charge in [0.1, 0.15) is 24.7 Å². The standard InChI is InChI=1S/C27H21F3N2O6S/c28-27(29,30)14-38-21(25(33)34)13-15-5-7-16(8-6-15)37-12-11-32-20-10-9-19-22(24(20)39-26(32)35)17-3-1-2-4-18(17)23(19)31-36/h1-10,21,36H,11-14H2,(H,33,34)/b31-23+. The van der Waals surface area contributed by atoms with Gasteiger partial charge in [0.05, 0.1) is 16.8 Å². The molecule has 8 nitrogen and oxygen atoms in total. The number of carboxylic acid groups (broad SMARTS) is 1. The first-order valence-corrected chi connectivity index (χ1v) is 12.6. The highest BCUT2D eigenvalue weighted by molar-refractivity contribution is 7.17. The van der Waals surface area contributed by atoms with Crippen LogP contribution >= 0.6 is 11.3 Å². The second-order valence-corrected chi connectivity index (χ2v) is 9.76. The van der Waals surface area contributed by atoms with Gasteiger partial charge in [0.2, 0.25) is 0 Å². The van der Waals surface area contributed by atoms with Crippen LogP contribution in [0, 0.1) is 0 Å². The summed E-state index contributed by atoms with van der Waals surface area (Å²) in [5, 5.41) is 22.2. The Kier molecular flexibility index (Phi) is 7.15. The predicted octanol–water partition coefficient (Wildman–Crippen LogP) is 4.92. The fourth-order valence-electron chi connectivity index (χ4n) is 4.57. The smallest absolute Gasteiger partial charge is 0.411 e. The molecule has 39 heavy (non-hydrogen) atoms. The van der Waals surface area contributed by atoms with Gasteiger partial charge in [-0.15, -0.1) is 0 Å². The lowest BCUT2D eigenvalue weighted by atomic mass is 10.1. The van der Waals surface area contributed by atoms with Crippen molar-refractivity contribution in [2.24, 2.45) is 5.16 Å². The van der Waals surface area contributed by atoms with Gasteiger partial charge in [-0.1, -0.05) is 52.9 Å². The normalized spacial score (nSPS) is 14.4. The van der Waals surface area contributed by atoms with E-state index in [0.717, 1.165) is 43.8 Å². The molecule has 2 N–H and O–H groups in total. The SMILES string of the molecule is O=C(O)C(Cc1ccc(OCCn2c(=O)sc3c4c(ccc32)/C(=N/O)c2ccccc2-4)cc1)OCC(F)(F)F. The Morgan fingerprint density at radius 1 is 1.03 bits per heavy atom. The average molecular weight is 559 g/mol. The number of carboxylic acids is 1. The summed E-state index contributed by atoms with van der Waals surface area (Å²) in [5.41, 5.74) is 4.96. The van der Waals surface area contributed by atoms with Crippen molar-refractivity contribution in [1.82, 2.24) is 4.57 Å². The first-order valence-electron chi connectivity index (χ1n) is 11.8. The Labute approximate surface area is 223 Å². The van der Waals surface area contributed by atoms with Gasteiger partial charge in [-0.3, -0.25) is 9.36 Å². The third-order valence-corrected chi connectivity index (χ3v) is 7.31. The molecule has 4 aromatic rings. The van der Waals surface area contributed by atoms with E-state index in [4.69, 9.17) is 9.84 Å². The zero-order valence-corrected chi connectivity index (χ0v) is 21.0. The Balaban J connectivity index is 1.27. The van der Waals surface area contributed by atoms with E-state index in [1.165, 1.54) is 0 Å². The lowest BCUT2D eigenvalue weighted by molar-refractivity contribution is -0.192. The zero-order chi connectivity index (χ0) is 27.7. The number of aliphatic carboxylic acids is 1. The minimum Gasteiger partial charge on any atom is -0.492 e. The molecule has 1 atom stereocenters. The van der Waals surface area contributed by atoms with Gasteiger partial charge in [-0.2, -0.15) is 13.2 Å². The van der Waals surface area contributed by atoms with E-state index in [-0.39, 0.29) is 24.4 Å². The van der Waals surface area contributed by atoms with Crippen LogP contribution in [0.25, 0.3) is 21.3 Å². The van der Waals surface area contributed by atoms with Crippen molar-refractivity contribution in [3.8, 4) is 16.9 Å². The number of thiazole rings is 1. The lowest BCUT2D eigenvalue weighted by Crippen LogP contribution is -2.31. The monoisotopic (exact) mass is 558 g/mol. The quantitative estimate of drug-likeness (QED) is 0.196. The minimum atomic E-state index is -4.62. The molecule has 1 heterocycles. The summed E-state index contributed by atoms with van der Waals surface area (Å²) in [6, 6.07) is 17.4. The highest BCUT2D eigenvalue weighted by atomic mass is 32.1. The maximum atomic E-state index is 12.9. The third-order valence-electron chi connectivity index (χ3n) is 6.30. The van der Waals surface area contributed by atoms with Crippen LogP contribution in [-0.4, -0.2) is 52.1 Å². The second-order valence-electron chi connectivity index (χ2n) is 8.80. The molecule has 1 aliphatic rings. The van der Waals surface area contributed by atoms with Crippen LogP contribution in [0.15, 0.2) is 70.6 Å². The predicted molar refractivity (Wildman–Crippen MR) is 138 cm³/mol. The number of hydrogen-bond acceptors (Lipinski definition) is 7. The van der Waals surface area contributed by atoms with Gasteiger partial charge < -0.3 is 19.8 Å². The number of rotatable bonds is 9. The van der Waals surface area contributed by atoms with Gasteiger partial charge in [0.25, 0.3) is 0 Å².